The summed E-state index contributed by atoms with van der Waals surface area (Å²) < 4.78 is 28.9. The van der Waals surface area contributed by atoms with Gasteiger partial charge >= 0.3 is 0 Å². The van der Waals surface area contributed by atoms with Crippen molar-refractivity contribution < 1.29 is 8.42 Å². The molecule has 0 bridgehead atoms. The number of hydrogen-bond donors (Lipinski definition) is 0. The predicted octanol–water partition coefficient (Wildman–Crippen LogP) is 2.69. The molecule has 0 aromatic carbocycles. The average Bonchev–Trinajstić information content (AvgIpc) is 2.47. The SMILES string of the molecule is CC(C)C1CCN(S(=O)(=O)N2CCCCC2CCl)CC1. The Morgan fingerprint density at radius 3 is 2.30 bits per heavy atom. The summed E-state index contributed by atoms with van der Waals surface area (Å²) in [5.41, 5.74) is 0. The Labute approximate surface area is 128 Å². The lowest BCUT2D eigenvalue weighted by Gasteiger charge is -2.40. The molecule has 0 aromatic rings. The second-order valence-corrected chi connectivity index (χ2v) is 8.59. The molecule has 0 radical (unpaired) electrons. The number of hydrogen-bond acceptors (Lipinski definition) is 2. The number of rotatable bonds is 4. The highest BCUT2D eigenvalue weighted by Crippen LogP contribution is 2.29. The van der Waals surface area contributed by atoms with E-state index in [1.54, 1.807) is 8.61 Å². The van der Waals surface area contributed by atoms with Crippen LogP contribution in [0.2, 0.25) is 0 Å². The Kier molecular flexibility index (Phi) is 5.74. The largest absolute Gasteiger partial charge is 0.282 e. The zero-order chi connectivity index (χ0) is 14.8. The van der Waals surface area contributed by atoms with Crippen LogP contribution in [-0.2, 0) is 10.2 Å². The van der Waals surface area contributed by atoms with Crippen molar-refractivity contribution in [2.75, 3.05) is 25.5 Å². The normalized spacial score (nSPS) is 28.1. The van der Waals surface area contributed by atoms with Gasteiger partial charge in [0.25, 0.3) is 10.2 Å². The van der Waals surface area contributed by atoms with Crippen molar-refractivity contribution in [1.82, 2.24) is 8.61 Å². The van der Waals surface area contributed by atoms with Crippen molar-refractivity contribution in [3.63, 3.8) is 0 Å². The van der Waals surface area contributed by atoms with Crippen LogP contribution in [0.25, 0.3) is 0 Å². The molecule has 4 nitrogen and oxygen atoms in total. The summed E-state index contributed by atoms with van der Waals surface area (Å²) in [6, 6.07) is -0.0155. The Hall–Kier alpha value is 0.160. The molecule has 6 heteroatoms. The fourth-order valence-electron chi connectivity index (χ4n) is 3.35. The minimum atomic E-state index is -3.31. The van der Waals surface area contributed by atoms with Crippen LogP contribution in [0.3, 0.4) is 0 Å². The third-order valence-electron chi connectivity index (χ3n) is 4.82. The summed E-state index contributed by atoms with van der Waals surface area (Å²) in [6.07, 6.45) is 4.89. The second kappa shape index (κ2) is 6.95. The van der Waals surface area contributed by atoms with E-state index in [1.165, 1.54) is 0 Å². The van der Waals surface area contributed by atoms with Crippen LogP contribution in [-0.4, -0.2) is 48.6 Å². The summed E-state index contributed by atoms with van der Waals surface area (Å²) in [7, 11) is -3.31. The molecule has 2 aliphatic heterocycles. The maximum absolute atomic E-state index is 12.8. The van der Waals surface area contributed by atoms with Crippen molar-refractivity contribution in [3.8, 4) is 0 Å². The number of nitrogens with zero attached hydrogens (tertiary/aromatic N) is 2. The van der Waals surface area contributed by atoms with E-state index in [0.29, 0.717) is 37.4 Å². The molecule has 118 valence electrons. The number of halogens is 1. The Morgan fingerprint density at radius 2 is 1.75 bits per heavy atom. The Bertz CT molecular complexity index is 405. The molecule has 0 amide bonds. The van der Waals surface area contributed by atoms with Gasteiger partial charge in [-0.3, -0.25) is 0 Å². The maximum Gasteiger partial charge on any atom is 0.282 e. The van der Waals surface area contributed by atoms with Gasteiger partial charge in [0.05, 0.1) is 0 Å². The predicted molar refractivity (Wildman–Crippen MR) is 83.1 cm³/mol. The third-order valence-corrected chi connectivity index (χ3v) is 7.26. The van der Waals surface area contributed by atoms with Crippen LogP contribution in [0.5, 0.6) is 0 Å². The number of alkyl halides is 1. The topological polar surface area (TPSA) is 40.6 Å². The van der Waals surface area contributed by atoms with Crippen LogP contribution in [0.4, 0.5) is 0 Å². The minimum Gasteiger partial charge on any atom is -0.195 e. The van der Waals surface area contributed by atoms with E-state index in [4.69, 9.17) is 11.6 Å². The first-order valence-electron chi connectivity index (χ1n) is 7.79. The van der Waals surface area contributed by atoms with Gasteiger partial charge in [-0.05, 0) is 37.5 Å². The van der Waals surface area contributed by atoms with Crippen molar-refractivity contribution in [1.29, 1.82) is 0 Å². The van der Waals surface area contributed by atoms with Gasteiger partial charge in [0.15, 0.2) is 0 Å². The molecular weight excluding hydrogens is 296 g/mol. The molecule has 1 unspecified atom stereocenters. The lowest BCUT2D eigenvalue weighted by molar-refractivity contribution is 0.198. The zero-order valence-corrected chi connectivity index (χ0v) is 14.2. The van der Waals surface area contributed by atoms with Crippen LogP contribution >= 0.6 is 11.6 Å². The van der Waals surface area contributed by atoms with E-state index >= 15 is 0 Å². The molecule has 0 N–H and O–H groups in total. The van der Waals surface area contributed by atoms with Gasteiger partial charge in [-0.1, -0.05) is 20.3 Å². The standard InChI is InChI=1S/C14H27ClN2O2S/c1-12(2)13-6-9-16(10-7-13)20(18,19)17-8-4-3-5-14(17)11-15/h12-14H,3-11H2,1-2H3. The minimum absolute atomic E-state index is 0.0155. The van der Waals surface area contributed by atoms with E-state index < -0.39 is 10.2 Å². The van der Waals surface area contributed by atoms with Gasteiger partial charge in [0, 0.05) is 31.6 Å². The van der Waals surface area contributed by atoms with E-state index in [0.717, 1.165) is 32.1 Å². The van der Waals surface area contributed by atoms with Crippen LogP contribution < -0.4 is 0 Å². The highest BCUT2D eigenvalue weighted by atomic mass is 35.5. The molecule has 2 fully saturated rings. The summed E-state index contributed by atoms with van der Waals surface area (Å²) in [6.45, 7) is 6.41. The molecule has 0 saturated carbocycles. The lowest BCUT2D eigenvalue weighted by atomic mass is 9.87. The highest BCUT2D eigenvalue weighted by Gasteiger charge is 2.37. The van der Waals surface area contributed by atoms with E-state index in [2.05, 4.69) is 13.8 Å². The highest BCUT2D eigenvalue weighted by molar-refractivity contribution is 7.86. The van der Waals surface area contributed by atoms with Crippen LogP contribution in [0.15, 0.2) is 0 Å². The van der Waals surface area contributed by atoms with Crippen molar-refractivity contribution >= 4 is 21.8 Å². The molecule has 0 aromatic heterocycles. The first kappa shape index (κ1) is 16.5. The van der Waals surface area contributed by atoms with Gasteiger partial charge in [-0.25, -0.2) is 0 Å². The van der Waals surface area contributed by atoms with Crippen molar-refractivity contribution in [3.05, 3.63) is 0 Å². The molecule has 0 spiro atoms. The molecule has 2 heterocycles. The Balaban J connectivity index is 2.03. The van der Waals surface area contributed by atoms with Crippen molar-refractivity contribution in [2.24, 2.45) is 11.8 Å². The first-order valence-corrected chi connectivity index (χ1v) is 9.73. The number of piperidine rings is 2. The zero-order valence-electron chi connectivity index (χ0n) is 12.6. The molecule has 20 heavy (non-hydrogen) atoms. The molecular formula is C14H27ClN2O2S. The molecule has 0 aliphatic carbocycles. The average molecular weight is 323 g/mol. The summed E-state index contributed by atoms with van der Waals surface area (Å²) in [5.74, 6) is 1.71. The summed E-state index contributed by atoms with van der Waals surface area (Å²) in [5, 5.41) is 0. The smallest absolute Gasteiger partial charge is 0.195 e. The van der Waals surface area contributed by atoms with Gasteiger partial charge in [-0.15, -0.1) is 11.6 Å². The summed E-state index contributed by atoms with van der Waals surface area (Å²) in [4.78, 5) is 0. The quantitative estimate of drug-likeness (QED) is 0.747. The van der Waals surface area contributed by atoms with Gasteiger partial charge in [-0.2, -0.15) is 17.0 Å². The van der Waals surface area contributed by atoms with Crippen LogP contribution in [0, 0.1) is 11.8 Å². The van der Waals surface area contributed by atoms with Gasteiger partial charge in [0.1, 0.15) is 0 Å². The fraction of sp³-hybridized carbons (Fsp3) is 1.00. The summed E-state index contributed by atoms with van der Waals surface area (Å²) >= 11 is 5.96. The van der Waals surface area contributed by atoms with Crippen LogP contribution in [0.1, 0.15) is 46.0 Å². The first-order chi connectivity index (χ1) is 9.46. The van der Waals surface area contributed by atoms with E-state index in [-0.39, 0.29) is 6.04 Å². The lowest BCUT2D eigenvalue weighted by Crippen LogP contribution is -2.53. The maximum atomic E-state index is 12.8. The second-order valence-electron chi connectivity index (χ2n) is 6.40. The fourth-order valence-corrected chi connectivity index (χ4v) is 5.64. The van der Waals surface area contributed by atoms with Gasteiger partial charge in [0.2, 0.25) is 0 Å². The molecule has 2 aliphatic rings. The van der Waals surface area contributed by atoms with Crippen molar-refractivity contribution in [2.45, 2.75) is 52.0 Å². The molecule has 2 saturated heterocycles. The molecule has 1 atom stereocenters. The third kappa shape index (κ3) is 3.49. The Morgan fingerprint density at radius 1 is 1.10 bits per heavy atom. The monoisotopic (exact) mass is 322 g/mol. The van der Waals surface area contributed by atoms with E-state index in [1.807, 2.05) is 0 Å². The molecule has 2 rings (SSSR count). The van der Waals surface area contributed by atoms with E-state index in [9.17, 15) is 8.42 Å². The van der Waals surface area contributed by atoms with Gasteiger partial charge < -0.3 is 0 Å².